The molecule has 2 rings (SSSR count). The lowest BCUT2D eigenvalue weighted by Gasteiger charge is -2.30. The molecule has 0 saturated heterocycles. The summed E-state index contributed by atoms with van der Waals surface area (Å²) >= 11 is 0. The van der Waals surface area contributed by atoms with E-state index in [1.807, 2.05) is 19.9 Å². The zero-order valence-corrected chi connectivity index (χ0v) is 12.6. The Kier molecular flexibility index (Phi) is 4.36. The number of hydrogen-bond donors (Lipinski definition) is 1. The summed E-state index contributed by atoms with van der Waals surface area (Å²) < 4.78 is 5.59. The third kappa shape index (κ3) is 2.97. The zero-order chi connectivity index (χ0) is 14.8. The van der Waals surface area contributed by atoms with Crippen molar-refractivity contribution in [3.8, 4) is 0 Å². The standard InChI is InChI=1S/C17H24O3/c1-12(2)13-9-10-17(3,15(18)11-13)16(19)20-14-7-5-4-6-8-14/h9-11,14,18H,4-8H2,1-3H3. The summed E-state index contributed by atoms with van der Waals surface area (Å²) in [5, 5.41) is 10.2. The van der Waals surface area contributed by atoms with Gasteiger partial charge in [-0.3, -0.25) is 4.79 Å². The third-order valence-electron chi connectivity index (χ3n) is 4.25. The molecule has 1 N–H and O–H groups in total. The number of aliphatic hydroxyl groups is 1. The number of rotatable bonds is 2. The van der Waals surface area contributed by atoms with Gasteiger partial charge in [-0.1, -0.05) is 24.1 Å². The SMILES string of the molecule is CC(C)=C1C=CC(C)(C(=O)OC2CCCCC2)C(O)=C1. The molecule has 1 unspecified atom stereocenters. The quantitative estimate of drug-likeness (QED) is 0.768. The normalized spacial score (nSPS) is 27.1. The van der Waals surface area contributed by atoms with Crippen LogP contribution in [-0.4, -0.2) is 17.2 Å². The third-order valence-corrected chi connectivity index (χ3v) is 4.25. The van der Waals surface area contributed by atoms with E-state index in [0.717, 1.165) is 36.8 Å². The minimum absolute atomic E-state index is 0.0131. The van der Waals surface area contributed by atoms with E-state index < -0.39 is 5.41 Å². The molecule has 0 aromatic heterocycles. The molecular weight excluding hydrogens is 252 g/mol. The average Bonchev–Trinajstić information content (AvgIpc) is 2.42. The highest BCUT2D eigenvalue weighted by atomic mass is 16.5. The van der Waals surface area contributed by atoms with Crippen molar-refractivity contribution in [2.24, 2.45) is 5.41 Å². The molecule has 3 nitrogen and oxygen atoms in total. The number of ether oxygens (including phenoxy) is 1. The van der Waals surface area contributed by atoms with Crippen LogP contribution >= 0.6 is 0 Å². The summed E-state index contributed by atoms with van der Waals surface area (Å²) in [7, 11) is 0. The lowest BCUT2D eigenvalue weighted by molar-refractivity contribution is -0.158. The second-order valence-electron chi connectivity index (χ2n) is 6.19. The number of esters is 1. The average molecular weight is 276 g/mol. The van der Waals surface area contributed by atoms with Gasteiger partial charge in [-0.05, 0) is 58.1 Å². The first-order chi connectivity index (χ1) is 9.43. The molecule has 0 aromatic rings. The van der Waals surface area contributed by atoms with Crippen LogP contribution in [0.3, 0.4) is 0 Å². The van der Waals surface area contributed by atoms with Gasteiger partial charge in [-0.25, -0.2) is 0 Å². The van der Waals surface area contributed by atoms with Gasteiger partial charge in [-0.2, -0.15) is 0 Å². The number of carbonyl (C=O) groups is 1. The highest BCUT2D eigenvalue weighted by Gasteiger charge is 2.40. The predicted molar refractivity (Wildman–Crippen MR) is 79.3 cm³/mol. The molecule has 0 aliphatic heterocycles. The Bertz CT molecular complexity index is 474. The van der Waals surface area contributed by atoms with Crippen LogP contribution in [-0.2, 0) is 9.53 Å². The van der Waals surface area contributed by atoms with Crippen LogP contribution in [0.4, 0.5) is 0 Å². The van der Waals surface area contributed by atoms with Gasteiger partial charge < -0.3 is 9.84 Å². The molecule has 110 valence electrons. The minimum Gasteiger partial charge on any atom is -0.511 e. The molecular formula is C17H24O3. The van der Waals surface area contributed by atoms with Gasteiger partial charge in [0.2, 0.25) is 0 Å². The lowest BCUT2D eigenvalue weighted by Crippen LogP contribution is -2.35. The molecule has 0 heterocycles. The first-order valence-electron chi connectivity index (χ1n) is 7.42. The lowest BCUT2D eigenvalue weighted by atomic mass is 9.82. The number of hydrogen-bond acceptors (Lipinski definition) is 3. The number of aliphatic hydroxyl groups excluding tert-OH is 1. The van der Waals surface area contributed by atoms with Crippen molar-refractivity contribution >= 4 is 5.97 Å². The molecule has 20 heavy (non-hydrogen) atoms. The van der Waals surface area contributed by atoms with Gasteiger partial charge in [0.05, 0.1) is 0 Å². The van der Waals surface area contributed by atoms with Gasteiger partial charge >= 0.3 is 5.97 Å². The molecule has 1 atom stereocenters. The summed E-state index contributed by atoms with van der Waals surface area (Å²) in [5.74, 6) is -0.279. The van der Waals surface area contributed by atoms with Crippen LogP contribution in [0.2, 0.25) is 0 Å². The van der Waals surface area contributed by atoms with Crippen molar-refractivity contribution in [1.82, 2.24) is 0 Å². The van der Waals surface area contributed by atoms with Crippen LogP contribution < -0.4 is 0 Å². The maximum Gasteiger partial charge on any atom is 0.323 e. The zero-order valence-electron chi connectivity index (χ0n) is 12.6. The van der Waals surface area contributed by atoms with E-state index in [1.165, 1.54) is 6.42 Å². The Hall–Kier alpha value is -1.51. The van der Waals surface area contributed by atoms with E-state index in [2.05, 4.69) is 0 Å². The van der Waals surface area contributed by atoms with Gasteiger partial charge in [0.1, 0.15) is 17.3 Å². The van der Waals surface area contributed by atoms with E-state index in [1.54, 1.807) is 19.1 Å². The van der Waals surface area contributed by atoms with E-state index in [0.29, 0.717) is 0 Å². The van der Waals surface area contributed by atoms with Crippen LogP contribution in [0.5, 0.6) is 0 Å². The number of carbonyl (C=O) groups excluding carboxylic acids is 1. The molecule has 3 heteroatoms. The van der Waals surface area contributed by atoms with Crippen molar-refractivity contribution in [2.45, 2.75) is 59.0 Å². The highest BCUT2D eigenvalue weighted by Crippen LogP contribution is 2.35. The van der Waals surface area contributed by atoms with E-state index in [-0.39, 0.29) is 17.8 Å². The summed E-state index contributed by atoms with van der Waals surface area (Å²) in [5.41, 5.74) is 1.01. The minimum atomic E-state index is -1.05. The van der Waals surface area contributed by atoms with Crippen LogP contribution in [0.25, 0.3) is 0 Å². The summed E-state index contributed by atoms with van der Waals surface area (Å²) in [6.07, 6.45) is 10.6. The Morgan fingerprint density at radius 2 is 1.95 bits per heavy atom. The molecule has 0 spiro atoms. The second-order valence-corrected chi connectivity index (χ2v) is 6.19. The van der Waals surface area contributed by atoms with Crippen molar-refractivity contribution < 1.29 is 14.6 Å². The molecule has 1 fully saturated rings. The molecule has 0 radical (unpaired) electrons. The largest absolute Gasteiger partial charge is 0.511 e. The molecule has 2 aliphatic rings. The number of allylic oxidation sites excluding steroid dienone is 4. The van der Waals surface area contributed by atoms with Crippen molar-refractivity contribution in [2.75, 3.05) is 0 Å². The molecule has 0 aromatic carbocycles. The van der Waals surface area contributed by atoms with Crippen LogP contribution in [0, 0.1) is 5.41 Å². The van der Waals surface area contributed by atoms with Gasteiger partial charge in [-0.15, -0.1) is 0 Å². The highest BCUT2D eigenvalue weighted by molar-refractivity contribution is 5.83. The van der Waals surface area contributed by atoms with Gasteiger partial charge in [0.25, 0.3) is 0 Å². The summed E-state index contributed by atoms with van der Waals surface area (Å²) in [6, 6.07) is 0. The van der Waals surface area contributed by atoms with E-state index >= 15 is 0 Å². The fourth-order valence-corrected chi connectivity index (χ4v) is 2.63. The van der Waals surface area contributed by atoms with E-state index in [9.17, 15) is 9.90 Å². The molecule has 2 aliphatic carbocycles. The monoisotopic (exact) mass is 276 g/mol. The Morgan fingerprint density at radius 3 is 2.50 bits per heavy atom. The fraction of sp³-hybridized carbons (Fsp3) is 0.588. The van der Waals surface area contributed by atoms with Crippen molar-refractivity contribution in [3.63, 3.8) is 0 Å². The smallest absolute Gasteiger partial charge is 0.323 e. The maximum atomic E-state index is 12.4. The fourth-order valence-electron chi connectivity index (χ4n) is 2.63. The van der Waals surface area contributed by atoms with Crippen LogP contribution in [0.1, 0.15) is 52.9 Å². The predicted octanol–water partition coefficient (Wildman–Crippen LogP) is 4.22. The Morgan fingerprint density at radius 1 is 1.30 bits per heavy atom. The Labute approximate surface area is 121 Å². The van der Waals surface area contributed by atoms with Gasteiger partial charge in [0.15, 0.2) is 0 Å². The first-order valence-corrected chi connectivity index (χ1v) is 7.42. The van der Waals surface area contributed by atoms with Gasteiger partial charge in [0, 0.05) is 0 Å². The van der Waals surface area contributed by atoms with Crippen LogP contribution in [0.15, 0.2) is 35.1 Å². The van der Waals surface area contributed by atoms with E-state index in [4.69, 9.17) is 4.74 Å². The van der Waals surface area contributed by atoms with Crippen molar-refractivity contribution in [1.29, 1.82) is 0 Å². The molecule has 0 amide bonds. The van der Waals surface area contributed by atoms with Crippen molar-refractivity contribution in [3.05, 3.63) is 35.1 Å². The maximum absolute atomic E-state index is 12.4. The molecule has 1 saturated carbocycles. The second kappa shape index (κ2) is 5.86. The summed E-state index contributed by atoms with van der Waals surface area (Å²) in [4.78, 5) is 12.4. The topological polar surface area (TPSA) is 46.5 Å². The first kappa shape index (κ1) is 14.9. The molecule has 0 bridgehead atoms. The Balaban J connectivity index is 2.11. The summed E-state index contributed by atoms with van der Waals surface area (Å²) in [6.45, 7) is 5.67.